The Morgan fingerprint density at radius 1 is 1.33 bits per heavy atom. The Morgan fingerprint density at radius 2 is 1.94 bits per heavy atom. The van der Waals surface area contributed by atoms with Gasteiger partial charge in [-0.1, -0.05) is 11.6 Å². The summed E-state index contributed by atoms with van der Waals surface area (Å²) in [5.74, 6) is -0.828. The first-order chi connectivity index (χ1) is 8.56. The minimum atomic E-state index is -0.886. The molecule has 1 aromatic carbocycles. The van der Waals surface area contributed by atoms with Crippen LogP contribution in [-0.4, -0.2) is 23.0 Å². The zero-order chi connectivity index (χ0) is 13.1. The molecule has 1 aromatic rings. The van der Waals surface area contributed by atoms with E-state index >= 15 is 0 Å². The first-order valence-corrected chi connectivity index (χ1v) is 6.22. The molecule has 96 valence electrons. The van der Waals surface area contributed by atoms with Gasteiger partial charge in [-0.3, -0.25) is 9.59 Å². The van der Waals surface area contributed by atoms with E-state index in [1.165, 1.54) is 0 Å². The van der Waals surface area contributed by atoms with E-state index in [9.17, 15) is 9.59 Å². The molecule has 1 amide bonds. The summed E-state index contributed by atoms with van der Waals surface area (Å²) in [5, 5.41) is 12.2. The summed E-state index contributed by atoms with van der Waals surface area (Å²) in [6.07, 6.45) is 1.95. The van der Waals surface area contributed by atoms with Crippen molar-refractivity contribution in [1.82, 2.24) is 5.32 Å². The van der Waals surface area contributed by atoms with Crippen molar-refractivity contribution in [3.05, 3.63) is 34.9 Å². The second-order valence-corrected chi connectivity index (χ2v) is 4.96. The van der Waals surface area contributed by atoms with E-state index < -0.39 is 5.97 Å². The monoisotopic (exact) mass is 267 g/mol. The van der Waals surface area contributed by atoms with Crippen molar-refractivity contribution in [2.45, 2.75) is 25.3 Å². The molecule has 1 aliphatic carbocycles. The lowest BCUT2D eigenvalue weighted by molar-refractivity contribution is -0.137. The molecule has 1 atom stereocenters. The number of amides is 1. The molecule has 5 heteroatoms. The van der Waals surface area contributed by atoms with E-state index in [0.717, 1.165) is 12.8 Å². The minimum absolute atomic E-state index is 0.0238. The Labute approximate surface area is 110 Å². The maximum atomic E-state index is 11.9. The first-order valence-electron chi connectivity index (χ1n) is 5.84. The van der Waals surface area contributed by atoms with Crippen LogP contribution in [0.1, 0.15) is 29.6 Å². The van der Waals surface area contributed by atoms with E-state index in [4.69, 9.17) is 16.7 Å². The first kappa shape index (κ1) is 12.9. The number of carboxylic acids is 1. The van der Waals surface area contributed by atoms with Gasteiger partial charge in [-0.2, -0.15) is 0 Å². The third-order valence-corrected chi connectivity index (χ3v) is 3.26. The summed E-state index contributed by atoms with van der Waals surface area (Å²) in [4.78, 5) is 22.7. The molecule has 1 unspecified atom stereocenters. The van der Waals surface area contributed by atoms with Crippen LogP contribution in [0, 0.1) is 5.92 Å². The predicted molar refractivity (Wildman–Crippen MR) is 67.7 cm³/mol. The zero-order valence-corrected chi connectivity index (χ0v) is 10.5. The third kappa shape index (κ3) is 3.47. The minimum Gasteiger partial charge on any atom is -0.481 e. The highest BCUT2D eigenvalue weighted by atomic mass is 35.5. The molecule has 2 N–H and O–H groups in total. The lowest BCUT2D eigenvalue weighted by atomic mass is 10.1. The topological polar surface area (TPSA) is 66.4 Å². The van der Waals surface area contributed by atoms with Crippen LogP contribution in [0.2, 0.25) is 5.02 Å². The van der Waals surface area contributed by atoms with E-state index in [1.807, 2.05) is 0 Å². The van der Waals surface area contributed by atoms with Gasteiger partial charge in [0.05, 0.1) is 6.42 Å². The number of carbonyl (C=O) groups is 2. The van der Waals surface area contributed by atoms with Gasteiger partial charge < -0.3 is 10.4 Å². The van der Waals surface area contributed by atoms with Crippen molar-refractivity contribution in [2.75, 3.05) is 0 Å². The summed E-state index contributed by atoms with van der Waals surface area (Å²) in [5.41, 5.74) is 0.496. The fraction of sp³-hybridized carbons (Fsp3) is 0.385. The zero-order valence-electron chi connectivity index (χ0n) is 9.73. The van der Waals surface area contributed by atoms with Crippen LogP contribution in [0.3, 0.4) is 0 Å². The highest BCUT2D eigenvalue weighted by Crippen LogP contribution is 2.34. The lowest BCUT2D eigenvalue weighted by Crippen LogP contribution is -2.38. The molecule has 0 heterocycles. The van der Waals surface area contributed by atoms with Crippen LogP contribution in [0.25, 0.3) is 0 Å². The number of benzene rings is 1. The third-order valence-electron chi connectivity index (χ3n) is 3.01. The van der Waals surface area contributed by atoms with Gasteiger partial charge in [-0.05, 0) is 43.0 Å². The van der Waals surface area contributed by atoms with Gasteiger partial charge in [0, 0.05) is 16.6 Å². The molecule has 1 aliphatic rings. The van der Waals surface area contributed by atoms with Crippen LogP contribution >= 0.6 is 11.6 Å². The molecule has 0 radical (unpaired) electrons. The second-order valence-electron chi connectivity index (χ2n) is 4.52. The standard InChI is InChI=1S/C13H14ClNO3/c14-10-5-3-9(4-6-10)13(18)15-11(7-12(16)17)8-1-2-8/h3-6,8,11H,1-2,7H2,(H,15,18)(H,16,17). The Balaban J connectivity index is 2.00. The summed E-state index contributed by atoms with van der Waals surface area (Å²) in [6, 6.07) is 6.26. The van der Waals surface area contributed by atoms with Crippen molar-refractivity contribution >= 4 is 23.5 Å². The maximum Gasteiger partial charge on any atom is 0.305 e. The molecule has 0 saturated heterocycles. The highest BCUT2D eigenvalue weighted by Gasteiger charge is 2.33. The molecule has 0 aliphatic heterocycles. The fourth-order valence-electron chi connectivity index (χ4n) is 1.88. The fourth-order valence-corrected chi connectivity index (χ4v) is 2.00. The van der Waals surface area contributed by atoms with Crippen molar-refractivity contribution in [2.24, 2.45) is 5.92 Å². The quantitative estimate of drug-likeness (QED) is 0.860. The van der Waals surface area contributed by atoms with Crippen molar-refractivity contribution in [1.29, 1.82) is 0 Å². The summed E-state index contributed by atoms with van der Waals surface area (Å²) in [7, 11) is 0. The van der Waals surface area contributed by atoms with E-state index in [2.05, 4.69) is 5.32 Å². The van der Waals surface area contributed by atoms with Crippen molar-refractivity contribution in [3.8, 4) is 0 Å². The van der Waals surface area contributed by atoms with Crippen LogP contribution in [-0.2, 0) is 4.79 Å². The molecule has 0 spiro atoms. The van der Waals surface area contributed by atoms with Gasteiger partial charge >= 0.3 is 5.97 Å². The molecule has 0 bridgehead atoms. The van der Waals surface area contributed by atoms with Crippen LogP contribution in [0.4, 0.5) is 0 Å². The average molecular weight is 268 g/mol. The second kappa shape index (κ2) is 5.40. The van der Waals surface area contributed by atoms with E-state index in [0.29, 0.717) is 16.5 Å². The summed E-state index contributed by atoms with van der Waals surface area (Å²) < 4.78 is 0. The average Bonchev–Trinajstić information content (AvgIpc) is 3.12. The van der Waals surface area contributed by atoms with Gasteiger partial charge in [0.25, 0.3) is 5.91 Å². The predicted octanol–water partition coefficient (Wildman–Crippen LogP) is 2.32. The molecule has 1 fully saturated rings. The van der Waals surface area contributed by atoms with Gasteiger partial charge in [0.15, 0.2) is 0 Å². The number of carboxylic acid groups (broad SMARTS) is 1. The SMILES string of the molecule is O=C(O)CC(NC(=O)c1ccc(Cl)cc1)C1CC1. The maximum absolute atomic E-state index is 11.9. The molecule has 1 saturated carbocycles. The van der Waals surface area contributed by atoms with Gasteiger partial charge in [0.1, 0.15) is 0 Å². The van der Waals surface area contributed by atoms with Crippen LogP contribution in [0.15, 0.2) is 24.3 Å². The Morgan fingerprint density at radius 3 is 2.44 bits per heavy atom. The Kier molecular flexibility index (Phi) is 3.87. The Bertz CT molecular complexity index is 454. The normalized spacial score (nSPS) is 16.1. The van der Waals surface area contributed by atoms with Crippen LogP contribution < -0.4 is 5.32 Å². The largest absolute Gasteiger partial charge is 0.481 e. The highest BCUT2D eigenvalue weighted by molar-refractivity contribution is 6.30. The van der Waals surface area contributed by atoms with Gasteiger partial charge in [-0.25, -0.2) is 0 Å². The number of rotatable bonds is 5. The molecular weight excluding hydrogens is 254 g/mol. The summed E-state index contributed by atoms with van der Waals surface area (Å²) >= 11 is 5.74. The molecule has 2 rings (SSSR count). The number of carbonyl (C=O) groups excluding carboxylic acids is 1. The number of nitrogens with one attached hydrogen (secondary N) is 1. The lowest BCUT2D eigenvalue weighted by Gasteiger charge is -2.16. The number of halogens is 1. The van der Waals surface area contributed by atoms with Gasteiger partial charge in [-0.15, -0.1) is 0 Å². The number of hydrogen-bond acceptors (Lipinski definition) is 2. The van der Waals surface area contributed by atoms with Crippen molar-refractivity contribution < 1.29 is 14.7 Å². The smallest absolute Gasteiger partial charge is 0.305 e. The number of aliphatic carboxylic acids is 1. The Hall–Kier alpha value is -1.55. The van der Waals surface area contributed by atoms with Crippen molar-refractivity contribution in [3.63, 3.8) is 0 Å². The molecular formula is C13H14ClNO3. The van der Waals surface area contributed by atoms with Crippen LogP contribution in [0.5, 0.6) is 0 Å². The molecule has 4 nitrogen and oxygen atoms in total. The number of hydrogen-bond donors (Lipinski definition) is 2. The van der Waals surface area contributed by atoms with E-state index in [1.54, 1.807) is 24.3 Å². The van der Waals surface area contributed by atoms with Gasteiger partial charge in [0.2, 0.25) is 0 Å². The van der Waals surface area contributed by atoms with E-state index in [-0.39, 0.29) is 18.4 Å². The molecule has 0 aromatic heterocycles. The molecule has 18 heavy (non-hydrogen) atoms. The summed E-state index contributed by atoms with van der Waals surface area (Å²) in [6.45, 7) is 0.